The zero-order chi connectivity index (χ0) is 12.8. The van der Waals surface area contributed by atoms with Crippen LogP contribution in [0.3, 0.4) is 0 Å². The molecule has 18 heavy (non-hydrogen) atoms. The van der Waals surface area contributed by atoms with E-state index < -0.39 is 4.33 Å². The first kappa shape index (κ1) is 11.7. The number of hydrogen-bond acceptors (Lipinski definition) is 3. The molecule has 1 aromatic heterocycles. The van der Waals surface area contributed by atoms with Gasteiger partial charge in [-0.25, -0.2) is 4.79 Å². The summed E-state index contributed by atoms with van der Waals surface area (Å²) in [5.41, 5.74) is 0.407. The van der Waals surface area contributed by atoms with Crippen LogP contribution in [0.4, 0.5) is 0 Å². The Morgan fingerprint density at radius 2 is 1.94 bits per heavy atom. The Labute approximate surface area is 113 Å². The van der Waals surface area contributed by atoms with Gasteiger partial charge in [-0.15, -0.1) is 23.2 Å². The van der Waals surface area contributed by atoms with E-state index in [1.54, 1.807) is 12.1 Å². The summed E-state index contributed by atoms with van der Waals surface area (Å²) in [5, 5.41) is 7.68. The van der Waals surface area contributed by atoms with Crippen LogP contribution in [-0.2, 0) is 6.54 Å². The van der Waals surface area contributed by atoms with Crippen LogP contribution in [0.1, 0.15) is 6.42 Å². The number of hydrogen-bond donors (Lipinski definition) is 0. The molecule has 0 radical (unpaired) electrons. The van der Waals surface area contributed by atoms with Crippen molar-refractivity contribution in [2.75, 3.05) is 0 Å². The molecule has 1 aliphatic carbocycles. The van der Waals surface area contributed by atoms with Gasteiger partial charge in [0.15, 0.2) is 0 Å². The molecule has 1 heterocycles. The van der Waals surface area contributed by atoms with Crippen molar-refractivity contribution in [3.63, 3.8) is 0 Å². The summed E-state index contributed by atoms with van der Waals surface area (Å²) in [6.45, 7) is 0.401. The van der Waals surface area contributed by atoms with Crippen LogP contribution >= 0.6 is 23.2 Å². The lowest BCUT2D eigenvalue weighted by atomic mass is 10.3. The molecule has 2 aromatic rings. The molecule has 0 N–H and O–H groups in total. The second-order valence-corrected chi connectivity index (χ2v) is 5.90. The van der Waals surface area contributed by atoms with E-state index in [1.165, 1.54) is 9.36 Å². The molecule has 0 saturated heterocycles. The monoisotopic (exact) mass is 284 g/mol. The van der Waals surface area contributed by atoms with Crippen molar-refractivity contribution in [3.05, 3.63) is 40.8 Å². The van der Waals surface area contributed by atoms with Crippen LogP contribution in [0.2, 0.25) is 0 Å². The normalized spacial score (nSPS) is 20.9. The largest absolute Gasteiger partial charge is 0.368 e. The number of para-hydroxylation sites is 1. The number of nitrogens with zero attached hydrogens (tertiary/aromatic N) is 4. The smallest absolute Gasteiger partial charge is 0.244 e. The quantitative estimate of drug-likeness (QED) is 0.805. The van der Waals surface area contributed by atoms with Crippen molar-refractivity contribution in [1.82, 2.24) is 19.8 Å². The van der Waals surface area contributed by atoms with Gasteiger partial charge in [-0.05, 0) is 29.0 Å². The molecule has 0 bridgehead atoms. The van der Waals surface area contributed by atoms with Crippen LogP contribution in [0.25, 0.3) is 5.69 Å². The van der Waals surface area contributed by atoms with E-state index in [0.717, 1.165) is 0 Å². The molecule has 3 rings (SSSR count). The summed E-state index contributed by atoms with van der Waals surface area (Å²) < 4.78 is 1.84. The Morgan fingerprint density at radius 1 is 1.28 bits per heavy atom. The van der Waals surface area contributed by atoms with E-state index in [1.807, 2.05) is 18.2 Å². The first-order valence-corrected chi connectivity index (χ1v) is 6.29. The van der Waals surface area contributed by atoms with Gasteiger partial charge in [-0.3, -0.25) is 0 Å². The maximum absolute atomic E-state index is 12.1. The van der Waals surface area contributed by atoms with Gasteiger partial charge in [0.1, 0.15) is 4.33 Å². The van der Waals surface area contributed by atoms with Crippen LogP contribution < -0.4 is 5.69 Å². The number of tetrazole rings is 1. The third-order valence-corrected chi connectivity index (χ3v) is 3.92. The Balaban J connectivity index is 1.87. The third kappa shape index (κ3) is 2.04. The van der Waals surface area contributed by atoms with E-state index in [-0.39, 0.29) is 11.6 Å². The predicted octanol–water partition coefficient (Wildman–Crippen LogP) is 1.62. The molecule has 1 saturated carbocycles. The lowest BCUT2D eigenvalue weighted by Gasteiger charge is -1.98. The summed E-state index contributed by atoms with van der Waals surface area (Å²) in [4.78, 5) is 12.1. The van der Waals surface area contributed by atoms with Crippen molar-refractivity contribution in [2.24, 2.45) is 5.92 Å². The number of halogens is 2. The van der Waals surface area contributed by atoms with Crippen molar-refractivity contribution < 1.29 is 0 Å². The molecule has 94 valence electrons. The number of aromatic nitrogens is 4. The van der Waals surface area contributed by atoms with Crippen molar-refractivity contribution in [1.29, 1.82) is 0 Å². The Bertz CT molecular complexity index is 619. The van der Waals surface area contributed by atoms with Gasteiger partial charge in [0.25, 0.3) is 0 Å². The summed E-state index contributed by atoms with van der Waals surface area (Å²) in [6, 6.07) is 9.14. The minimum Gasteiger partial charge on any atom is -0.244 e. The van der Waals surface area contributed by atoms with Gasteiger partial charge in [0, 0.05) is 5.92 Å². The zero-order valence-corrected chi connectivity index (χ0v) is 10.8. The molecule has 1 atom stereocenters. The van der Waals surface area contributed by atoms with Crippen LogP contribution in [0.5, 0.6) is 0 Å². The SMILES string of the molecule is O=c1n(C[C@@H]2CC2(Cl)Cl)nnn1-c1ccccc1. The molecule has 1 aromatic carbocycles. The Hall–Kier alpha value is -1.33. The number of benzene rings is 1. The first-order valence-electron chi connectivity index (χ1n) is 5.54. The molecule has 0 spiro atoms. The summed E-state index contributed by atoms with van der Waals surface area (Å²) in [5.74, 6) is 0.0689. The Morgan fingerprint density at radius 3 is 2.56 bits per heavy atom. The second-order valence-electron chi connectivity index (χ2n) is 4.35. The maximum Gasteiger partial charge on any atom is 0.368 e. The molecule has 5 nitrogen and oxygen atoms in total. The van der Waals surface area contributed by atoms with E-state index >= 15 is 0 Å². The third-order valence-electron chi connectivity index (χ3n) is 2.99. The highest BCUT2D eigenvalue weighted by atomic mass is 35.5. The predicted molar refractivity (Wildman–Crippen MR) is 68.2 cm³/mol. The van der Waals surface area contributed by atoms with Gasteiger partial charge < -0.3 is 0 Å². The van der Waals surface area contributed by atoms with Gasteiger partial charge in [0.2, 0.25) is 0 Å². The topological polar surface area (TPSA) is 52.7 Å². The van der Waals surface area contributed by atoms with Gasteiger partial charge in [-0.2, -0.15) is 9.36 Å². The molecule has 0 amide bonds. The van der Waals surface area contributed by atoms with Gasteiger partial charge >= 0.3 is 5.69 Å². The van der Waals surface area contributed by atoms with Crippen molar-refractivity contribution in [3.8, 4) is 5.69 Å². The van der Waals surface area contributed by atoms with Crippen LogP contribution in [-0.4, -0.2) is 24.1 Å². The molecule has 7 heteroatoms. The minimum atomic E-state index is -0.712. The van der Waals surface area contributed by atoms with Crippen molar-refractivity contribution in [2.45, 2.75) is 17.3 Å². The van der Waals surface area contributed by atoms with Gasteiger partial charge in [-0.1, -0.05) is 18.2 Å². The first-order chi connectivity index (χ1) is 8.58. The molecule has 0 unspecified atom stereocenters. The fourth-order valence-electron chi connectivity index (χ4n) is 1.80. The van der Waals surface area contributed by atoms with Crippen molar-refractivity contribution >= 4 is 23.2 Å². The van der Waals surface area contributed by atoms with Crippen LogP contribution in [0, 0.1) is 5.92 Å². The fourth-order valence-corrected chi connectivity index (χ4v) is 2.31. The van der Waals surface area contributed by atoms with Crippen LogP contribution in [0.15, 0.2) is 35.1 Å². The van der Waals surface area contributed by atoms with E-state index in [9.17, 15) is 4.79 Å². The highest BCUT2D eigenvalue weighted by Gasteiger charge is 2.52. The molecular formula is C11H10Cl2N4O. The number of alkyl halides is 2. The molecule has 0 aliphatic heterocycles. The average Bonchev–Trinajstić information content (AvgIpc) is 2.78. The standard InChI is InChI=1S/C11H10Cl2N4O/c12-11(13)6-8(11)7-16-10(18)17(15-14-16)9-4-2-1-3-5-9/h1-5,8H,6-7H2/t8-/m0/s1. The second kappa shape index (κ2) is 4.10. The summed E-state index contributed by atoms with van der Waals surface area (Å²) in [7, 11) is 0. The van der Waals surface area contributed by atoms with Gasteiger partial charge in [0.05, 0.1) is 12.2 Å². The lowest BCUT2D eigenvalue weighted by molar-refractivity contribution is 0.527. The molecule has 1 aliphatic rings. The number of rotatable bonds is 3. The zero-order valence-electron chi connectivity index (χ0n) is 9.33. The fraction of sp³-hybridized carbons (Fsp3) is 0.364. The summed E-state index contributed by atoms with van der Waals surface area (Å²) >= 11 is 11.9. The minimum absolute atomic E-state index is 0.0689. The highest BCUT2D eigenvalue weighted by Crippen LogP contribution is 2.53. The maximum atomic E-state index is 12.1. The highest BCUT2D eigenvalue weighted by molar-refractivity contribution is 6.50. The average molecular weight is 285 g/mol. The van der Waals surface area contributed by atoms with E-state index in [0.29, 0.717) is 18.7 Å². The summed E-state index contributed by atoms with van der Waals surface area (Å²) in [6.07, 6.45) is 0.681. The molecule has 1 fully saturated rings. The lowest BCUT2D eigenvalue weighted by Crippen LogP contribution is -2.25. The van der Waals surface area contributed by atoms with E-state index in [2.05, 4.69) is 10.4 Å². The molecular weight excluding hydrogens is 275 g/mol. The van der Waals surface area contributed by atoms with E-state index in [4.69, 9.17) is 23.2 Å². The Kier molecular flexibility index (Phi) is 2.68.